The smallest absolute Gasteiger partial charge is 0.341 e. The highest BCUT2D eigenvalue weighted by Crippen LogP contribution is 2.33. The largest absolute Gasteiger partial charge is 0.465 e. The fraction of sp³-hybridized carbons (Fsp3) is 0.333. The van der Waals surface area contributed by atoms with E-state index in [2.05, 4.69) is 24.4 Å². The Kier molecular flexibility index (Phi) is 6.45. The summed E-state index contributed by atoms with van der Waals surface area (Å²) in [5.74, 6) is 0.594. The monoisotopic (exact) mass is 363 g/mol. The van der Waals surface area contributed by atoms with E-state index in [0.29, 0.717) is 16.3 Å². The summed E-state index contributed by atoms with van der Waals surface area (Å²) in [6.45, 7) is 5.85. The number of amides is 1. The molecule has 2 aromatic rings. The van der Waals surface area contributed by atoms with Crippen molar-refractivity contribution in [1.29, 1.82) is 0 Å². The summed E-state index contributed by atoms with van der Waals surface area (Å²) in [5, 5.41) is 3.41. The lowest BCUT2D eigenvalue weighted by Crippen LogP contribution is -2.16. The number of anilines is 1. The highest BCUT2D eigenvalue weighted by atomic mass is 32.2. The maximum Gasteiger partial charge on any atom is 0.341 e. The second-order valence-electron chi connectivity index (χ2n) is 5.45. The number of aryl methyl sites for hydroxylation is 2. The lowest BCUT2D eigenvalue weighted by Gasteiger charge is -2.07. The molecule has 2 rings (SSSR count). The summed E-state index contributed by atoms with van der Waals surface area (Å²) in [6, 6.07) is 8.15. The molecule has 1 aromatic carbocycles. The molecule has 0 saturated heterocycles. The Morgan fingerprint density at radius 3 is 2.58 bits per heavy atom. The molecule has 0 fully saturated rings. The van der Waals surface area contributed by atoms with Gasteiger partial charge in [0.25, 0.3) is 0 Å². The number of thioether (sulfide) groups is 1. The molecule has 1 amide bonds. The molecule has 24 heavy (non-hydrogen) atoms. The molecule has 1 heterocycles. The molecule has 0 radical (unpaired) electrons. The minimum atomic E-state index is -0.417. The zero-order valence-corrected chi connectivity index (χ0v) is 15.9. The Balaban J connectivity index is 1.97. The number of nitrogens with one attached hydrogen (secondary N) is 1. The lowest BCUT2D eigenvalue weighted by atomic mass is 10.1. The SMILES string of the molecule is COC(=O)c1c(NC(=O)CSCc2ccccc2C)sc(C)c1C. The van der Waals surface area contributed by atoms with Crippen LogP contribution in [0.5, 0.6) is 0 Å². The number of ether oxygens (including phenoxy) is 1. The lowest BCUT2D eigenvalue weighted by molar-refractivity contribution is -0.113. The van der Waals surface area contributed by atoms with Crippen LogP contribution in [0, 0.1) is 20.8 Å². The Labute approximate surface area is 150 Å². The number of esters is 1. The average molecular weight is 364 g/mol. The summed E-state index contributed by atoms with van der Waals surface area (Å²) in [6.07, 6.45) is 0. The van der Waals surface area contributed by atoms with Gasteiger partial charge in [-0.3, -0.25) is 4.79 Å². The van der Waals surface area contributed by atoms with Crippen LogP contribution in [0.4, 0.5) is 5.00 Å². The number of hydrogen-bond donors (Lipinski definition) is 1. The van der Waals surface area contributed by atoms with Gasteiger partial charge in [-0.15, -0.1) is 23.1 Å². The van der Waals surface area contributed by atoms with Crippen LogP contribution in [0.25, 0.3) is 0 Å². The quantitative estimate of drug-likeness (QED) is 0.776. The fourth-order valence-electron chi connectivity index (χ4n) is 2.25. The highest BCUT2D eigenvalue weighted by Gasteiger charge is 2.21. The van der Waals surface area contributed by atoms with Gasteiger partial charge in [0.05, 0.1) is 18.4 Å². The number of benzene rings is 1. The summed E-state index contributed by atoms with van der Waals surface area (Å²) < 4.78 is 4.82. The molecule has 4 nitrogen and oxygen atoms in total. The van der Waals surface area contributed by atoms with Crippen LogP contribution in [-0.4, -0.2) is 24.7 Å². The number of carbonyl (C=O) groups excluding carboxylic acids is 2. The molecular weight excluding hydrogens is 342 g/mol. The van der Waals surface area contributed by atoms with Gasteiger partial charge in [-0.25, -0.2) is 4.79 Å². The first kappa shape index (κ1) is 18.5. The van der Waals surface area contributed by atoms with Gasteiger partial charge in [0, 0.05) is 10.6 Å². The van der Waals surface area contributed by atoms with Crippen LogP contribution >= 0.6 is 23.1 Å². The fourth-order valence-corrected chi connectivity index (χ4v) is 4.22. The van der Waals surface area contributed by atoms with Crippen LogP contribution < -0.4 is 5.32 Å². The van der Waals surface area contributed by atoms with Crippen molar-refractivity contribution in [2.75, 3.05) is 18.2 Å². The predicted molar refractivity (Wildman–Crippen MR) is 101 cm³/mol. The third-order valence-electron chi connectivity index (χ3n) is 3.78. The molecule has 0 unspecified atom stereocenters. The molecule has 1 aromatic heterocycles. The van der Waals surface area contributed by atoms with Crippen molar-refractivity contribution in [1.82, 2.24) is 0 Å². The van der Waals surface area contributed by atoms with Crippen molar-refractivity contribution < 1.29 is 14.3 Å². The van der Waals surface area contributed by atoms with Crippen LogP contribution in [0.3, 0.4) is 0 Å². The van der Waals surface area contributed by atoms with E-state index < -0.39 is 5.97 Å². The van der Waals surface area contributed by atoms with Crippen molar-refractivity contribution in [2.24, 2.45) is 0 Å². The van der Waals surface area contributed by atoms with E-state index in [1.165, 1.54) is 29.6 Å². The molecule has 0 bridgehead atoms. The highest BCUT2D eigenvalue weighted by molar-refractivity contribution is 7.99. The summed E-state index contributed by atoms with van der Waals surface area (Å²) in [7, 11) is 1.35. The van der Waals surface area contributed by atoms with E-state index in [1.807, 2.05) is 26.0 Å². The van der Waals surface area contributed by atoms with Gasteiger partial charge in [-0.2, -0.15) is 0 Å². The third kappa shape index (κ3) is 4.39. The Morgan fingerprint density at radius 1 is 1.21 bits per heavy atom. The average Bonchev–Trinajstić information content (AvgIpc) is 2.82. The Bertz CT molecular complexity index is 753. The summed E-state index contributed by atoms with van der Waals surface area (Å²) >= 11 is 2.96. The van der Waals surface area contributed by atoms with Crippen LogP contribution in [-0.2, 0) is 15.3 Å². The second-order valence-corrected chi connectivity index (χ2v) is 7.66. The molecule has 1 N–H and O–H groups in total. The van der Waals surface area contributed by atoms with Gasteiger partial charge in [0.1, 0.15) is 5.00 Å². The van der Waals surface area contributed by atoms with E-state index in [1.54, 1.807) is 11.8 Å². The molecule has 0 spiro atoms. The van der Waals surface area contributed by atoms with Crippen molar-refractivity contribution in [3.63, 3.8) is 0 Å². The topological polar surface area (TPSA) is 55.4 Å². The summed E-state index contributed by atoms with van der Waals surface area (Å²) in [4.78, 5) is 25.1. The van der Waals surface area contributed by atoms with E-state index in [9.17, 15) is 9.59 Å². The molecular formula is C18H21NO3S2. The van der Waals surface area contributed by atoms with Gasteiger partial charge in [-0.1, -0.05) is 24.3 Å². The summed E-state index contributed by atoms with van der Waals surface area (Å²) in [5.41, 5.74) is 3.77. The zero-order valence-electron chi connectivity index (χ0n) is 14.3. The van der Waals surface area contributed by atoms with Crippen molar-refractivity contribution in [3.8, 4) is 0 Å². The number of hydrogen-bond acceptors (Lipinski definition) is 5. The number of thiophene rings is 1. The number of carbonyl (C=O) groups is 2. The molecule has 0 aliphatic heterocycles. The maximum atomic E-state index is 12.2. The Hall–Kier alpha value is -1.79. The van der Waals surface area contributed by atoms with Gasteiger partial charge in [0.2, 0.25) is 5.91 Å². The first-order chi connectivity index (χ1) is 11.4. The van der Waals surface area contributed by atoms with Gasteiger partial charge in [0.15, 0.2) is 0 Å². The molecule has 0 aliphatic rings. The number of rotatable bonds is 6. The van der Waals surface area contributed by atoms with E-state index in [-0.39, 0.29) is 5.91 Å². The van der Waals surface area contributed by atoms with Crippen molar-refractivity contribution >= 4 is 40.0 Å². The third-order valence-corrected chi connectivity index (χ3v) is 5.88. The second kappa shape index (κ2) is 8.35. The molecule has 128 valence electrons. The molecule has 6 heteroatoms. The zero-order chi connectivity index (χ0) is 17.7. The minimum absolute atomic E-state index is 0.111. The van der Waals surface area contributed by atoms with Crippen LogP contribution in [0.15, 0.2) is 24.3 Å². The van der Waals surface area contributed by atoms with E-state index >= 15 is 0 Å². The van der Waals surface area contributed by atoms with Crippen LogP contribution in [0.2, 0.25) is 0 Å². The van der Waals surface area contributed by atoms with Crippen molar-refractivity contribution in [3.05, 3.63) is 51.4 Å². The van der Waals surface area contributed by atoms with Crippen LogP contribution in [0.1, 0.15) is 31.9 Å². The normalized spacial score (nSPS) is 10.5. The van der Waals surface area contributed by atoms with Gasteiger partial charge in [-0.05, 0) is 37.5 Å². The minimum Gasteiger partial charge on any atom is -0.465 e. The maximum absolute atomic E-state index is 12.2. The predicted octanol–water partition coefficient (Wildman–Crippen LogP) is 4.33. The molecule has 0 saturated carbocycles. The first-order valence-corrected chi connectivity index (χ1v) is 9.51. The molecule has 0 atom stereocenters. The van der Waals surface area contributed by atoms with Crippen molar-refractivity contribution in [2.45, 2.75) is 26.5 Å². The Morgan fingerprint density at radius 2 is 1.92 bits per heavy atom. The van der Waals surface area contributed by atoms with E-state index in [0.717, 1.165) is 16.2 Å². The first-order valence-electron chi connectivity index (χ1n) is 7.54. The van der Waals surface area contributed by atoms with Gasteiger partial charge < -0.3 is 10.1 Å². The number of methoxy groups -OCH3 is 1. The molecule has 0 aliphatic carbocycles. The van der Waals surface area contributed by atoms with Gasteiger partial charge >= 0.3 is 5.97 Å². The standard InChI is InChI=1S/C18H21NO3S2/c1-11-7-5-6-8-14(11)9-23-10-15(20)19-17-16(18(21)22-4)12(2)13(3)24-17/h5-8H,9-10H2,1-4H3,(H,19,20). The van der Waals surface area contributed by atoms with E-state index in [4.69, 9.17) is 4.74 Å².